The van der Waals surface area contributed by atoms with E-state index >= 15 is 0 Å². The van der Waals surface area contributed by atoms with Crippen LogP contribution in [-0.4, -0.2) is 17.0 Å². The quantitative estimate of drug-likeness (QED) is 0.391. The molecule has 0 radical (unpaired) electrons. The Morgan fingerprint density at radius 3 is 2.34 bits per heavy atom. The summed E-state index contributed by atoms with van der Waals surface area (Å²) in [6.07, 6.45) is 0.507. The van der Waals surface area contributed by atoms with Crippen LogP contribution in [-0.2, 0) is 22.6 Å². The number of hydrogen-bond acceptors (Lipinski definition) is 4. The van der Waals surface area contributed by atoms with E-state index in [0.717, 1.165) is 27.9 Å². The number of aliphatic carboxylic acids is 1. The molecule has 4 rings (SSSR count). The summed E-state index contributed by atoms with van der Waals surface area (Å²) < 4.78 is 0. The highest BCUT2D eigenvalue weighted by Gasteiger charge is 2.28. The van der Waals surface area contributed by atoms with Gasteiger partial charge >= 0.3 is 5.97 Å². The van der Waals surface area contributed by atoms with Crippen LogP contribution in [0.5, 0.6) is 0 Å². The van der Waals surface area contributed by atoms with E-state index in [4.69, 9.17) is 22.4 Å². The van der Waals surface area contributed by atoms with E-state index in [1.165, 1.54) is 0 Å². The summed E-state index contributed by atoms with van der Waals surface area (Å²) >= 11 is 6.11. The Morgan fingerprint density at radius 1 is 1.00 bits per heavy atom. The Morgan fingerprint density at radius 2 is 1.69 bits per heavy atom. The largest absolute Gasteiger partial charge is 0.481 e. The molecule has 0 saturated carbocycles. The molecule has 3 aromatic carbocycles. The van der Waals surface area contributed by atoms with Crippen molar-refractivity contribution in [2.45, 2.75) is 19.4 Å². The van der Waals surface area contributed by atoms with Gasteiger partial charge in [0.15, 0.2) is 0 Å². The van der Waals surface area contributed by atoms with Crippen molar-refractivity contribution < 1.29 is 14.7 Å². The molecule has 1 heterocycles. The number of nitrogens with two attached hydrogens (primary N) is 1. The molecule has 0 spiro atoms. The molecule has 0 aromatic heterocycles. The number of amides is 1. The number of carboxylic acid groups (broad SMARTS) is 1. The first-order valence-electron chi connectivity index (χ1n) is 10.2. The van der Waals surface area contributed by atoms with Gasteiger partial charge in [-0.3, -0.25) is 9.59 Å². The first kappa shape index (κ1) is 21.6. The molecular weight excluding hydrogens is 426 g/mol. The third-order valence-corrected chi connectivity index (χ3v) is 5.54. The third kappa shape index (κ3) is 4.66. The van der Waals surface area contributed by atoms with E-state index in [1.807, 2.05) is 54.6 Å². The lowest BCUT2D eigenvalue weighted by Crippen LogP contribution is -2.10. The average Bonchev–Trinajstić information content (AvgIpc) is 3.11. The summed E-state index contributed by atoms with van der Waals surface area (Å²) in [5, 5.41) is 15.7. The molecule has 1 amide bonds. The van der Waals surface area contributed by atoms with Crippen LogP contribution < -0.4 is 16.4 Å². The highest BCUT2D eigenvalue weighted by molar-refractivity contribution is 6.38. The highest BCUT2D eigenvalue weighted by atomic mass is 35.5. The molecule has 162 valence electrons. The summed E-state index contributed by atoms with van der Waals surface area (Å²) in [5.74, 6) is -1.06. The second-order valence-corrected chi connectivity index (χ2v) is 7.95. The number of rotatable bonds is 7. The van der Waals surface area contributed by atoms with Crippen molar-refractivity contribution in [3.63, 3.8) is 0 Å². The third-order valence-electron chi connectivity index (χ3n) is 5.31. The predicted molar refractivity (Wildman–Crippen MR) is 127 cm³/mol. The molecule has 1 aliphatic heterocycles. The minimum absolute atomic E-state index is 0.0651. The van der Waals surface area contributed by atoms with Crippen molar-refractivity contribution in [1.82, 2.24) is 0 Å². The molecule has 0 aliphatic carbocycles. The molecule has 6 nitrogen and oxygen atoms in total. The number of fused-ring (bicyclic) bond motifs is 1. The molecule has 0 atom stereocenters. The van der Waals surface area contributed by atoms with Crippen LogP contribution >= 0.6 is 11.6 Å². The molecule has 32 heavy (non-hydrogen) atoms. The van der Waals surface area contributed by atoms with Crippen LogP contribution in [0.2, 0.25) is 5.02 Å². The summed E-state index contributed by atoms with van der Waals surface area (Å²) in [5.41, 5.74) is 11.8. The first-order chi connectivity index (χ1) is 15.4. The topological polar surface area (TPSA) is 104 Å². The van der Waals surface area contributed by atoms with Gasteiger partial charge in [-0.1, -0.05) is 54.1 Å². The summed E-state index contributed by atoms with van der Waals surface area (Å²) in [6, 6.07) is 20.5. The monoisotopic (exact) mass is 447 g/mol. The number of anilines is 2. The van der Waals surface area contributed by atoms with Crippen LogP contribution in [0.25, 0.3) is 11.3 Å². The zero-order valence-corrected chi connectivity index (χ0v) is 17.9. The standard InChI is InChI=1S/C25H22ClN3O3/c26-18-8-11-20-21(13-18)29-25(32)23(20)24(28-19-9-3-16(14-27)4-10-19)17-6-1-15(2-7-17)5-12-22(30)31/h1-4,6-11,13,28H,5,12,14,27H2,(H,29,32)(H,30,31). The van der Waals surface area contributed by atoms with Gasteiger partial charge in [0, 0.05) is 29.2 Å². The Labute approximate surface area is 190 Å². The molecule has 1 aliphatic rings. The SMILES string of the molecule is NCc1ccc(NC(=C2C(=O)Nc3cc(Cl)ccc32)c2ccc(CCC(=O)O)cc2)cc1. The molecule has 3 aromatic rings. The van der Waals surface area contributed by atoms with Gasteiger partial charge in [-0.05, 0) is 47.4 Å². The number of hydrogen-bond donors (Lipinski definition) is 4. The van der Waals surface area contributed by atoms with Gasteiger partial charge in [0.05, 0.1) is 17.0 Å². The maximum Gasteiger partial charge on any atom is 0.303 e. The van der Waals surface area contributed by atoms with Crippen molar-refractivity contribution in [2.75, 3.05) is 10.6 Å². The lowest BCUT2D eigenvalue weighted by atomic mass is 9.98. The number of nitrogens with one attached hydrogen (secondary N) is 2. The van der Waals surface area contributed by atoms with Crippen molar-refractivity contribution >= 4 is 46.1 Å². The van der Waals surface area contributed by atoms with Gasteiger partial charge in [0.1, 0.15) is 0 Å². The number of halogens is 1. The Balaban J connectivity index is 1.78. The van der Waals surface area contributed by atoms with Crippen molar-refractivity contribution in [2.24, 2.45) is 5.73 Å². The van der Waals surface area contributed by atoms with E-state index in [9.17, 15) is 9.59 Å². The lowest BCUT2D eigenvalue weighted by molar-refractivity contribution is -0.137. The van der Waals surface area contributed by atoms with Gasteiger partial charge in [0.25, 0.3) is 5.91 Å². The second-order valence-electron chi connectivity index (χ2n) is 7.51. The maximum atomic E-state index is 13.0. The molecule has 7 heteroatoms. The number of benzene rings is 3. The fraction of sp³-hybridized carbons (Fsp3) is 0.120. The van der Waals surface area contributed by atoms with E-state index in [0.29, 0.717) is 34.9 Å². The fourth-order valence-corrected chi connectivity index (χ4v) is 3.80. The molecule has 0 fully saturated rings. The number of carbonyl (C=O) groups excluding carboxylic acids is 1. The minimum Gasteiger partial charge on any atom is -0.481 e. The zero-order chi connectivity index (χ0) is 22.7. The van der Waals surface area contributed by atoms with Crippen LogP contribution in [0.3, 0.4) is 0 Å². The van der Waals surface area contributed by atoms with Gasteiger partial charge in [-0.2, -0.15) is 0 Å². The molecule has 0 unspecified atom stereocenters. The number of carbonyl (C=O) groups is 2. The number of carboxylic acids is 1. The zero-order valence-electron chi connectivity index (χ0n) is 17.2. The average molecular weight is 448 g/mol. The van der Waals surface area contributed by atoms with Crippen LogP contribution in [0.1, 0.15) is 28.7 Å². The smallest absolute Gasteiger partial charge is 0.303 e. The Hall–Kier alpha value is -3.61. The second kappa shape index (κ2) is 9.26. The Bertz CT molecular complexity index is 1200. The van der Waals surface area contributed by atoms with E-state index in [1.54, 1.807) is 12.1 Å². The van der Waals surface area contributed by atoms with Crippen LogP contribution in [0, 0.1) is 0 Å². The molecular formula is C25H22ClN3O3. The van der Waals surface area contributed by atoms with Crippen molar-refractivity contribution in [3.05, 3.63) is 94.0 Å². The maximum absolute atomic E-state index is 13.0. The summed E-state index contributed by atoms with van der Waals surface area (Å²) in [6.45, 7) is 0.447. The first-order valence-corrected chi connectivity index (χ1v) is 10.5. The summed E-state index contributed by atoms with van der Waals surface area (Å²) in [4.78, 5) is 23.8. The van der Waals surface area contributed by atoms with E-state index < -0.39 is 5.97 Å². The normalized spacial score (nSPS) is 14.0. The molecule has 5 N–H and O–H groups in total. The van der Waals surface area contributed by atoms with Crippen LogP contribution in [0.4, 0.5) is 11.4 Å². The van der Waals surface area contributed by atoms with Crippen LogP contribution in [0.15, 0.2) is 66.7 Å². The van der Waals surface area contributed by atoms with E-state index in [2.05, 4.69) is 10.6 Å². The van der Waals surface area contributed by atoms with E-state index in [-0.39, 0.29) is 12.3 Å². The fourth-order valence-electron chi connectivity index (χ4n) is 3.63. The molecule has 0 bridgehead atoms. The van der Waals surface area contributed by atoms with Crippen molar-refractivity contribution in [3.8, 4) is 0 Å². The summed E-state index contributed by atoms with van der Waals surface area (Å²) in [7, 11) is 0. The van der Waals surface area contributed by atoms with Gasteiger partial charge in [-0.25, -0.2) is 0 Å². The molecule has 0 saturated heterocycles. The van der Waals surface area contributed by atoms with Crippen molar-refractivity contribution in [1.29, 1.82) is 0 Å². The minimum atomic E-state index is -0.836. The number of aryl methyl sites for hydroxylation is 1. The van der Waals surface area contributed by atoms with Gasteiger partial charge in [-0.15, -0.1) is 0 Å². The predicted octanol–water partition coefficient (Wildman–Crippen LogP) is 4.75. The van der Waals surface area contributed by atoms with Gasteiger partial charge in [0.2, 0.25) is 0 Å². The Kier molecular flexibility index (Phi) is 6.25. The van der Waals surface area contributed by atoms with Gasteiger partial charge < -0.3 is 21.5 Å². The highest BCUT2D eigenvalue weighted by Crippen LogP contribution is 2.38. The lowest BCUT2D eigenvalue weighted by Gasteiger charge is -2.15.